The van der Waals surface area contributed by atoms with Crippen LogP contribution in [0.4, 0.5) is 4.79 Å². The van der Waals surface area contributed by atoms with Crippen LogP contribution in [0.15, 0.2) is 4.52 Å². The van der Waals surface area contributed by atoms with Crippen molar-refractivity contribution < 1.29 is 28.8 Å². The smallest absolute Gasteiger partial charge is 0.326 e. The first-order valence-electron chi connectivity index (χ1n) is 9.29. The van der Waals surface area contributed by atoms with Crippen molar-refractivity contribution in [1.82, 2.24) is 20.8 Å². The fourth-order valence-electron chi connectivity index (χ4n) is 2.50. The molecule has 0 fully saturated rings. The Kier molecular flexibility index (Phi) is 10.2. The lowest BCUT2D eigenvalue weighted by Crippen LogP contribution is -2.47. The average Bonchev–Trinajstić information content (AvgIpc) is 3.13. The summed E-state index contributed by atoms with van der Waals surface area (Å²) in [6.45, 7) is 0.408. The Bertz CT molecular complexity index is 739. The molecule has 0 saturated carbocycles. The Morgan fingerprint density at radius 3 is 2.33 bits per heavy atom. The molecule has 0 unspecified atom stereocenters. The van der Waals surface area contributed by atoms with E-state index in [9.17, 15) is 24.3 Å². The van der Waals surface area contributed by atoms with Gasteiger partial charge in [-0.2, -0.15) is 4.98 Å². The number of aromatic nitrogens is 2. The number of hydrogen-bond acceptors (Lipinski definition) is 9. The summed E-state index contributed by atoms with van der Waals surface area (Å²) in [5, 5.41) is 17.7. The second-order valence-corrected chi connectivity index (χ2v) is 6.62. The number of urea groups is 1. The molecule has 0 aliphatic heterocycles. The predicted molar refractivity (Wildman–Crippen MR) is 102 cm³/mol. The van der Waals surface area contributed by atoms with Gasteiger partial charge in [0.05, 0.1) is 6.04 Å². The van der Waals surface area contributed by atoms with E-state index in [1.54, 1.807) is 0 Å². The van der Waals surface area contributed by atoms with Crippen LogP contribution in [0.1, 0.15) is 62.3 Å². The maximum absolute atomic E-state index is 12.3. The summed E-state index contributed by atoms with van der Waals surface area (Å²) >= 11 is 0. The number of nitrogens with one attached hydrogen (secondary N) is 2. The van der Waals surface area contributed by atoms with Gasteiger partial charge in [-0.15, -0.1) is 0 Å². The van der Waals surface area contributed by atoms with E-state index in [1.165, 1.54) is 0 Å². The molecule has 1 heterocycles. The number of nitrogens with two attached hydrogens (primary N) is 4. The molecule has 14 nitrogen and oxygen atoms in total. The molecule has 1 aromatic rings. The lowest BCUT2D eigenvalue weighted by Gasteiger charge is -2.18. The number of hydrogen-bond donors (Lipinski definition) is 7. The standard InChI is InChI=1S/C16H28N8O6/c17-6-2-1-3-10(15(27)28)22-16(29)21-9(4-5-11(19)25)14-23-13(24-30-14)8(18)7-12(20)26/h8-10H,1-7,17-18H2,(H2,19,25)(H2,20,26)(H,27,28)(H2,21,22,29)/t8-,9-,10-/m0/s1. The van der Waals surface area contributed by atoms with Gasteiger partial charge >= 0.3 is 12.0 Å². The summed E-state index contributed by atoms with van der Waals surface area (Å²) in [4.78, 5) is 49.8. The highest BCUT2D eigenvalue weighted by Gasteiger charge is 2.26. The van der Waals surface area contributed by atoms with Gasteiger partial charge in [0.25, 0.3) is 0 Å². The Morgan fingerprint density at radius 1 is 1.07 bits per heavy atom. The molecule has 0 radical (unpaired) electrons. The Hall–Kier alpha value is -3.26. The van der Waals surface area contributed by atoms with Crippen molar-refractivity contribution >= 4 is 23.8 Å². The fraction of sp³-hybridized carbons (Fsp3) is 0.625. The monoisotopic (exact) mass is 428 g/mol. The molecule has 4 amide bonds. The van der Waals surface area contributed by atoms with Crippen molar-refractivity contribution in [3.8, 4) is 0 Å². The van der Waals surface area contributed by atoms with Crippen molar-refractivity contribution in [1.29, 1.82) is 0 Å². The molecule has 0 aromatic carbocycles. The summed E-state index contributed by atoms with van der Waals surface area (Å²) in [6.07, 6.45) is 1.00. The average molecular weight is 428 g/mol. The third kappa shape index (κ3) is 8.83. The topological polar surface area (TPSA) is 256 Å². The Labute approximate surface area is 172 Å². The second kappa shape index (κ2) is 12.3. The highest BCUT2D eigenvalue weighted by atomic mass is 16.5. The van der Waals surface area contributed by atoms with Crippen molar-refractivity contribution in [2.45, 2.75) is 56.7 Å². The number of amides is 4. The van der Waals surface area contributed by atoms with E-state index in [1.807, 2.05) is 0 Å². The number of carboxylic acids is 1. The summed E-state index contributed by atoms with van der Waals surface area (Å²) in [5.74, 6) is -2.59. The number of unbranched alkanes of at least 4 members (excludes halogenated alkanes) is 1. The van der Waals surface area contributed by atoms with Crippen LogP contribution >= 0.6 is 0 Å². The van der Waals surface area contributed by atoms with E-state index >= 15 is 0 Å². The van der Waals surface area contributed by atoms with Crippen LogP contribution in [0.2, 0.25) is 0 Å². The lowest BCUT2D eigenvalue weighted by atomic mass is 10.1. The van der Waals surface area contributed by atoms with Crippen molar-refractivity contribution in [3.05, 3.63) is 11.7 Å². The van der Waals surface area contributed by atoms with E-state index in [0.717, 1.165) is 0 Å². The summed E-state index contributed by atoms with van der Waals surface area (Å²) < 4.78 is 5.08. The number of aliphatic carboxylic acids is 1. The molecular formula is C16H28N8O6. The third-order valence-corrected chi connectivity index (χ3v) is 4.04. The van der Waals surface area contributed by atoms with Crippen LogP contribution in [0.3, 0.4) is 0 Å². The van der Waals surface area contributed by atoms with Gasteiger partial charge in [0.1, 0.15) is 12.1 Å². The molecule has 30 heavy (non-hydrogen) atoms. The van der Waals surface area contributed by atoms with Gasteiger partial charge in [0.2, 0.25) is 17.7 Å². The summed E-state index contributed by atoms with van der Waals surface area (Å²) in [7, 11) is 0. The quantitative estimate of drug-likeness (QED) is 0.162. The number of nitrogens with zero attached hydrogens (tertiary/aromatic N) is 2. The molecular weight excluding hydrogens is 400 g/mol. The molecule has 0 aliphatic rings. The van der Waals surface area contributed by atoms with Crippen molar-refractivity contribution in [3.63, 3.8) is 0 Å². The van der Waals surface area contributed by atoms with Gasteiger partial charge in [-0.05, 0) is 32.2 Å². The third-order valence-electron chi connectivity index (χ3n) is 4.04. The minimum absolute atomic E-state index is 0.0136. The van der Waals surface area contributed by atoms with E-state index in [0.29, 0.717) is 19.4 Å². The van der Waals surface area contributed by atoms with Crippen molar-refractivity contribution in [2.24, 2.45) is 22.9 Å². The first-order chi connectivity index (χ1) is 14.1. The van der Waals surface area contributed by atoms with E-state index in [-0.39, 0.29) is 37.4 Å². The highest BCUT2D eigenvalue weighted by molar-refractivity contribution is 5.82. The maximum Gasteiger partial charge on any atom is 0.326 e. The highest BCUT2D eigenvalue weighted by Crippen LogP contribution is 2.19. The number of primary amides is 2. The molecule has 11 N–H and O–H groups in total. The fourth-order valence-corrected chi connectivity index (χ4v) is 2.50. The molecule has 168 valence electrons. The first-order valence-corrected chi connectivity index (χ1v) is 9.29. The largest absolute Gasteiger partial charge is 0.480 e. The molecule has 0 spiro atoms. The van der Waals surface area contributed by atoms with Crippen LogP contribution in [-0.2, 0) is 14.4 Å². The van der Waals surface area contributed by atoms with Crippen LogP contribution in [0.5, 0.6) is 0 Å². The summed E-state index contributed by atoms with van der Waals surface area (Å²) in [6, 6.07) is -3.80. The molecule has 1 aromatic heterocycles. The molecule has 0 saturated heterocycles. The van der Waals surface area contributed by atoms with Gasteiger partial charge in [-0.3, -0.25) is 9.59 Å². The zero-order chi connectivity index (χ0) is 22.7. The van der Waals surface area contributed by atoms with E-state index < -0.39 is 41.9 Å². The zero-order valence-corrected chi connectivity index (χ0v) is 16.4. The van der Waals surface area contributed by atoms with Gasteiger partial charge in [-0.25, -0.2) is 9.59 Å². The van der Waals surface area contributed by atoms with Crippen LogP contribution < -0.4 is 33.6 Å². The molecule has 1 rings (SSSR count). The van der Waals surface area contributed by atoms with Gasteiger partial charge in [0.15, 0.2) is 5.82 Å². The Morgan fingerprint density at radius 2 is 1.77 bits per heavy atom. The van der Waals surface area contributed by atoms with Gasteiger partial charge < -0.3 is 43.2 Å². The lowest BCUT2D eigenvalue weighted by molar-refractivity contribution is -0.139. The molecule has 0 bridgehead atoms. The number of carbonyl (C=O) groups is 4. The normalized spacial score (nSPS) is 13.8. The van der Waals surface area contributed by atoms with Crippen LogP contribution in [0, 0.1) is 0 Å². The minimum atomic E-state index is -1.20. The zero-order valence-electron chi connectivity index (χ0n) is 16.4. The van der Waals surface area contributed by atoms with E-state index in [2.05, 4.69) is 20.8 Å². The minimum Gasteiger partial charge on any atom is -0.480 e. The number of carboxylic acid groups (broad SMARTS) is 1. The SMILES string of the molecule is NCCCC[C@H](NC(=O)N[C@@H](CCC(N)=O)c1nc([C@@H](N)CC(N)=O)no1)C(=O)O. The Balaban J connectivity index is 2.86. The van der Waals surface area contributed by atoms with Crippen molar-refractivity contribution in [2.75, 3.05) is 6.54 Å². The van der Waals surface area contributed by atoms with Crippen LogP contribution in [0.25, 0.3) is 0 Å². The predicted octanol–water partition coefficient (Wildman–Crippen LogP) is -1.87. The second-order valence-electron chi connectivity index (χ2n) is 6.62. The van der Waals surface area contributed by atoms with Gasteiger partial charge in [-0.1, -0.05) is 5.16 Å². The molecule has 14 heteroatoms. The molecule has 3 atom stereocenters. The number of rotatable bonds is 14. The maximum atomic E-state index is 12.3. The number of carbonyl (C=O) groups excluding carboxylic acids is 3. The first kappa shape index (κ1) is 24.8. The molecule has 0 aliphatic carbocycles. The van der Waals surface area contributed by atoms with E-state index in [4.69, 9.17) is 27.5 Å². The summed E-state index contributed by atoms with van der Waals surface area (Å²) in [5.41, 5.74) is 21.4. The van der Waals surface area contributed by atoms with Crippen LogP contribution in [-0.4, -0.2) is 51.6 Å². The van der Waals surface area contributed by atoms with Gasteiger partial charge in [0, 0.05) is 12.8 Å².